The van der Waals surface area contributed by atoms with Gasteiger partial charge in [-0.05, 0) is 54.1 Å². The van der Waals surface area contributed by atoms with Gasteiger partial charge in [0.2, 0.25) is 10.0 Å². The van der Waals surface area contributed by atoms with Crippen LogP contribution < -0.4 is 5.32 Å². The summed E-state index contributed by atoms with van der Waals surface area (Å²) in [6.07, 6.45) is 1.48. The fraction of sp³-hybridized carbons (Fsp3) is 0.353. The summed E-state index contributed by atoms with van der Waals surface area (Å²) < 4.78 is 27.7. The lowest BCUT2D eigenvalue weighted by atomic mass is 10.0. The molecule has 7 heteroatoms. The van der Waals surface area contributed by atoms with E-state index in [1.54, 1.807) is 34.8 Å². The molecule has 1 amide bonds. The molecule has 5 nitrogen and oxygen atoms in total. The number of nitrogens with zero attached hydrogens (tertiary/aromatic N) is 1. The maximum Gasteiger partial charge on any atom is 0.251 e. The number of carbonyl (C=O) groups excluding carboxylic acids is 1. The van der Waals surface area contributed by atoms with E-state index in [1.165, 1.54) is 17.0 Å². The first-order chi connectivity index (χ1) is 11.5. The van der Waals surface area contributed by atoms with Gasteiger partial charge in [-0.15, -0.1) is 11.3 Å². The zero-order chi connectivity index (χ0) is 17.3. The van der Waals surface area contributed by atoms with Gasteiger partial charge in [0, 0.05) is 24.0 Å². The van der Waals surface area contributed by atoms with E-state index in [0.717, 1.165) is 18.4 Å². The number of carbonyl (C=O) groups is 1. The van der Waals surface area contributed by atoms with E-state index in [1.807, 2.05) is 18.4 Å². The molecule has 0 aliphatic carbocycles. The van der Waals surface area contributed by atoms with Gasteiger partial charge < -0.3 is 5.32 Å². The summed E-state index contributed by atoms with van der Waals surface area (Å²) in [5.41, 5.74) is 1.57. The van der Waals surface area contributed by atoms with Crippen LogP contribution in [-0.4, -0.2) is 32.2 Å². The largest absolute Gasteiger partial charge is 0.355 e. The lowest BCUT2D eigenvalue weighted by Gasteiger charge is -2.34. The molecule has 1 N–H and O–H groups in total. The number of hydrogen-bond donors (Lipinski definition) is 1. The van der Waals surface area contributed by atoms with Crippen LogP contribution in [0.25, 0.3) is 0 Å². The number of rotatable bonds is 4. The summed E-state index contributed by atoms with van der Waals surface area (Å²) in [5, 5.41) is 4.56. The highest BCUT2D eigenvalue weighted by molar-refractivity contribution is 7.89. The first-order valence-electron chi connectivity index (χ1n) is 7.89. The topological polar surface area (TPSA) is 66.5 Å². The average Bonchev–Trinajstić information content (AvgIpc) is 3.09. The summed E-state index contributed by atoms with van der Waals surface area (Å²) in [4.78, 5) is 13.1. The van der Waals surface area contributed by atoms with Crippen LogP contribution in [0.1, 0.15) is 40.2 Å². The van der Waals surface area contributed by atoms with Gasteiger partial charge in [-0.3, -0.25) is 4.79 Å². The summed E-state index contributed by atoms with van der Waals surface area (Å²) in [6.45, 7) is 2.50. The molecule has 0 spiro atoms. The predicted molar refractivity (Wildman–Crippen MR) is 94.8 cm³/mol. The molecule has 0 saturated carbocycles. The Morgan fingerprint density at radius 3 is 2.62 bits per heavy atom. The number of hydrogen-bond acceptors (Lipinski definition) is 4. The number of amides is 1. The monoisotopic (exact) mass is 364 g/mol. The molecular formula is C17H20N2O3S2. The van der Waals surface area contributed by atoms with Crippen LogP contribution >= 0.6 is 11.3 Å². The number of benzene rings is 1. The van der Waals surface area contributed by atoms with Gasteiger partial charge >= 0.3 is 0 Å². The third-order valence-corrected chi connectivity index (χ3v) is 7.30. The first-order valence-corrected chi connectivity index (χ1v) is 10.2. The van der Waals surface area contributed by atoms with Crippen molar-refractivity contribution in [1.29, 1.82) is 0 Å². The van der Waals surface area contributed by atoms with Crippen molar-refractivity contribution < 1.29 is 13.2 Å². The van der Waals surface area contributed by atoms with Crippen LogP contribution in [-0.2, 0) is 16.4 Å². The highest BCUT2D eigenvalue weighted by Crippen LogP contribution is 2.38. The van der Waals surface area contributed by atoms with Gasteiger partial charge in [0.05, 0.1) is 10.9 Å². The van der Waals surface area contributed by atoms with Gasteiger partial charge in [-0.2, -0.15) is 4.31 Å². The van der Waals surface area contributed by atoms with E-state index in [-0.39, 0.29) is 16.8 Å². The number of fused-ring (bicyclic) bond motifs is 1. The minimum absolute atomic E-state index is 0.122. The molecular weight excluding hydrogens is 344 g/mol. The van der Waals surface area contributed by atoms with Gasteiger partial charge in [-0.1, -0.05) is 6.92 Å². The normalized spacial score (nSPS) is 18.2. The van der Waals surface area contributed by atoms with Crippen LogP contribution in [0.5, 0.6) is 0 Å². The van der Waals surface area contributed by atoms with Crippen molar-refractivity contribution in [2.45, 2.75) is 30.7 Å². The second-order valence-electron chi connectivity index (χ2n) is 5.69. The maximum absolute atomic E-state index is 13.1. The van der Waals surface area contributed by atoms with Gasteiger partial charge in [0.1, 0.15) is 0 Å². The minimum atomic E-state index is -3.59. The Hall–Kier alpha value is -1.70. The third kappa shape index (κ3) is 2.87. The van der Waals surface area contributed by atoms with E-state index >= 15 is 0 Å². The van der Waals surface area contributed by atoms with Crippen molar-refractivity contribution in [2.75, 3.05) is 13.6 Å². The fourth-order valence-electron chi connectivity index (χ4n) is 3.14. The zero-order valence-electron chi connectivity index (χ0n) is 13.7. The standard InChI is InChI=1S/C17H20N2O3S2/c1-3-15-14-9-11-23-16(14)8-10-19(15)24(21,22)13-6-4-12(5-7-13)17(20)18-2/h4-7,9,11,15H,3,8,10H2,1-2H3,(H,18,20)/t15-/m1/s1. The molecule has 1 aliphatic rings. The molecule has 1 aromatic heterocycles. The van der Waals surface area contributed by atoms with E-state index in [4.69, 9.17) is 0 Å². The lowest BCUT2D eigenvalue weighted by Crippen LogP contribution is -2.39. The Labute approximate surface area is 146 Å². The van der Waals surface area contributed by atoms with Crippen LogP contribution in [0.4, 0.5) is 0 Å². The molecule has 24 heavy (non-hydrogen) atoms. The minimum Gasteiger partial charge on any atom is -0.355 e. The fourth-order valence-corrected chi connectivity index (χ4v) is 5.75. The predicted octanol–water partition coefficient (Wildman–Crippen LogP) is 2.81. The van der Waals surface area contributed by atoms with Gasteiger partial charge in [0.15, 0.2) is 0 Å². The zero-order valence-corrected chi connectivity index (χ0v) is 15.3. The summed E-state index contributed by atoms with van der Waals surface area (Å²) in [5.74, 6) is -0.230. The smallest absolute Gasteiger partial charge is 0.251 e. The molecule has 0 fully saturated rings. The molecule has 128 valence electrons. The molecule has 1 aliphatic heterocycles. The van der Waals surface area contributed by atoms with Crippen molar-refractivity contribution >= 4 is 27.3 Å². The third-order valence-electron chi connectivity index (χ3n) is 4.38. The van der Waals surface area contributed by atoms with Crippen molar-refractivity contribution in [3.63, 3.8) is 0 Å². The highest BCUT2D eigenvalue weighted by atomic mass is 32.2. The van der Waals surface area contributed by atoms with Crippen molar-refractivity contribution in [2.24, 2.45) is 0 Å². The second-order valence-corrected chi connectivity index (χ2v) is 8.58. The van der Waals surface area contributed by atoms with E-state index < -0.39 is 10.0 Å². The Kier molecular flexibility index (Phi) is 4.76. The van der Waals surface area contributed by atoms with Gasteiger partial charge in [0.25, 0.3) is 5.91 Å². The molecule has 0 radical (unpaired) electrons. The van der Waals surface area contributed by atoms with E-state index in [9.17, 15) is 13.2 Å². The molecule has 0 unspecified atom stereocenters. The van der Waals surface area contributed by atoms with Crippen molar-refractivity contribution in [3.05, 3.63) is 51.7 Å². The van der Waals surface area contributed by atoms with Crippen LogP contribution in [0.3, 0.4) is 0 Å². The summed E-state index contributed by atoms with van der Waals surface area (Å²) in [6, 6.07) is 8.03. The summed E-state index contributed by atoms with van der Waals surface area (Å²) >= 11 is 1.69. The van der Waals surface area contributed by atoms with Crippen LogP contribution in [0, 0.1) is 0 Å². The molecule has 2 heterocycles. The second kappa shape index (κ2) is 6.66. The number of nitrogens with one attached hydrogen (secondary N) is 1. The van der Waals surface area contributed by atoms with Crippen LogP contribution in [0.15, 0.2) is 40.6 Å². The Bertz CT molecular complexity index is 841. The van der Waals surface area contributed by atoms with Crippen molar-refractivity contribution in [3.8, 4) is 0 Å². The molecule has 0 bridgehead atoms. The first kappa shape index (κ1) is 17.1. The van der Waals surface area contributed by atoms with Gasteiger partial charge in [-0.25, -0.2) is 8.42 Å². The highest BCUT2D eigenvalue weighted by Gasteiger charge is 2.35. The Morgan fingerprint density at radius 2 is 2.00 bits per heavy atom. The lowest BCUT2D eigenvalue weighted by molar-refractivity contribution is 0.0963. The SMILES string of the molecule is CC[C@@H]1c2ccsc2CCN1S(=O)(=O)c1ccc(C(=O)NC)cc1. The Balaban J connectivity index is 1.94. The molecule has 1 atom stereocenters. The number of sulfonamides is 1. The molecule has 1 aromatic carbocycles. The van der Waals surface area contributed by atoms with Crippen LogP contribution in [0.2, 0.25) is 0 Å². The molecule has 3 rings (SSSR count). The molecule has 0 saturated heterocycles. The van der Waals surface area contributed by atoms with E-state index in [2.05, 4.69) is 5.32 Å². The summed E-state index contributed by atoms with van der Waals surface area (Å²) in [7, 11) is -2.04. The maximum atomic E-state index is 13.1. The van der Waals surface area contributed by atoms with Crippen molar-refractivity contribution in [1.82, 2.24) is 9.62 Å². The number of thiophene rings is 1. The molecule has 2 aromatic rings. The van der Waals surface area contributed by atoms with E-state index in [0.29, 0.717) is 12.1 Å². The average molecular weight is 364 g/mol. The Morgan fingerprint density at radius 1 is 1.29 bits per heavy atom. The quantitative estimate of drug-likeness (QED) is 0.907.